The zero-order chi connectivity index (χ0) is 15.5. The fraction of sp³-hybridized carbons (Fsp3) is 0.588. The van der Waals surface area contributed by atoms with Gasteiger partial charge in [0.1, 0.15) is 0 Å². The maximum Gasteiger partial charge on any atom is 0.405 e. The summed E-state index contributed by atoms with van der Waals surface area (Å²) >= 11 is 0. The molecule has 0 aromatic heterocycles. The van der Waals surface area contributed by atoms with E-state index in [2.05, 4.69) is 27.2 Å². The van der Waals surface area contributed by atoms with E-state index in [-0.39, 0.29) is 6.04 Å². The van der Waals surface area contributed by atoms with Gasteiger partial charge in [0.2, 0.25) is 0 Å². The van der Waals surface area contributed by atoms with E-state index in [0.29, 0.717) is 0 Å². The van der Waals surface area contributed by atoms with Crippen molar-refractivity contribution in [1.29, 1.82) is 0 Å². The van der Waals surface area contributed by atoms with Crippen LogP contribution in [-0.4, -0.2) is 53.2 Å². The second kappa shape index (κ2) is 6.67. The molecular formula is C17H25N3O2. The third-order valence-corrected chi connectivity index (χ3v) is 4.90. The van der Waals surface area contributed by atoms with E-state index in [1.165, 1.54) is 38.0 Å². The highest BCUT2D eigenvalue weighted by molar-refractivity contribution is 5.65. The minimum atomic E-state index is -0.981. The summed E-state index contributed by atoms with van der Waals surface area (Å²) in [5, 5.41) is 11.3. The van der Waals surface area contributed by atoms with Gasteiger partial charge in [0.25, 0.3) is 0 Å². The smallest absolute Gasteiger partial charge is 0.405 e. The molecule has 120 valence electrons. The fourth-order valence-corrected chi connectivity index (χ4v) is 3.64. The van der Waals surface area contributed by atoms with E-state index in [1.807, 2.05) is 19.1 Å². The van der Waals surface area contributed by atoms with Crippen molar-refractivity contribution in [1.82, 2.24) is 15.1 Å². The van der Waals surface area contributed by atoms with Crippen LogP contribution < -0.4 is 5.32 Å². The molecule has 2 aliphatic rings. The Hall–Kier alpha value is -1.59. The predicted octanol–water partition coefficient (Wildman–Crippen LogP) is 2.30. The lowest BCUT2D eigenvalue weighted by molar-refractivity contribution is 0.0994. The van der Waals surface area contributed by atoms with Gasteiger partial charge in [0, 0.05) is 32.2 Å². The third-order valence-electron chi connectivity index (χ3n) is 4.90. The first-order valence-corrected chi connectivity index (χ1v) is 8.16. The molecule has 1 amide bonds. The van der Waals surface area contributed by atoms with E-state index in [0.717, 1.165) is 24.7 Å². The molecule has 0 saturated carbocycles. The predicted molar refractivity (Wildman–Crippen MR) is 85.9 cm³/mol. The second-order valence-corrected chi connectivity index (χ2v) is 6.48. The molecule has 2 fully saturated rings. The summed E-state index contributed by atoms with van der Waals surface area (Å²) < 4.78 is 0. The number of amides is 1. The average Bonchev–Trinajstić information content (AvgIpc) is 2.95. The molecule has 2 atom stereocenters. The topological polar surface area (TPSA) is 55.8 Å². The monoisotopic (exact) mass is 303 g/mol. The Labute approximate surface area is 131 Å². The normalized spacial score (nSPS) is 24.0. The summed E-state index contributed by atoms with van der Waals surface area (Å²) in [4.78, 5) is 15.8. The van der Waals surface area contributed by atoms with Crippen molar-refractivity contribution in [2.45, 2.75) is 38.4 Å². The number of hydrogen-bond acceptors (Lipinski definition) is 3. The Morgan fingerprint density at radius 3 is 2.82 bits per heavy atom. The SMILES string of the molecule is CC(NC(=O)O)c1ccc(CN2CCN3CCCC3C2)cc1. The van der Waals surface area contributed by atoms with Gasteiger partial charge in [-0.05, 0) is 37.4 Å². The van der Waals surface area contributed by atoms with Crippen molar-refractivity contribution in [3.05, 3.63) is 35.4 Å². The average molecular weight is 303 g/mol. The van der Waals surface area contributed by atoms with Gasteiger partial charge in [-0.2, -0.15) is 0 Å². The molecule has 3 rings (SSSR count). The highest BCUT2D eigenvalue weighted by Crippen LogP contribution is 2.23. The lowest BCUT2D eigenvalue weighted by atomic mass is 10.1. The van der Waals surface area contributed by atoms with Gasteiger partial charge in [-0.25, -0.2) is 4.79 Å². The summed E-state index contributed by atoms with van der Waals surface area (Å²) in [7, 11) is 0. The number of hydrogen-bond donors (Lipinski definition) is 2. The fourth-order valence-electron chi connectivity index (χ4n) is 3.64. The minimum absolute atomic E-state index is 0.173. The van der Waals surface area contributed by atoms with E-state index >= 15 is 0 Å². The molecule has 2 N–H and O–H groups in total. The molecule has 0 bridgehead atoms. The van der Waals surface area contributed by atoms with Crippen molar-refractivity contribution < 1.29 is 9.90 Å². The van der Waals surface area contributed by atoms with Crippen LogP contribution >= 0.6 is 0 Å². The highest BCUT2D eigenvalue weighted by atomic mass is 16.4. The van der Waals surface area contributed by atoms with E-state index in [4.69, 9.17) is 5.11 Å². The summed E-state index contributed by atoms with van der Waals surface area (Å²) in [5.74, 6) is 0. The first-order valence-electron chi connectivity index (χ1n) is 8.16. The number of carboxylic acid groups (broad SMARTS) is 1. The Bertz CT molecular complexity index is 517. The van der Waals surface area contributed by atoms with Crippen LogP contribution in [-0.2, 0) is 6.54 Å². The van der Waals surface area contributed by atoms with Gasteiger partial charge < -0.3 is 10.4 Å². The number of fused-ring (bicyclic) bond motifs is 1. The number of nitrogens with one attached hydrogen (secondary N) is 1. The first kappa shape index (κ1) is 15.3. The Morgan fingerprint density at radius 2 is 2.09 bits per heavy atom. The first-order chi connectivity index (χ1) is 10.6. The zero-order valence-corrected chi connectivity index (χ0v) is 13.2. The van der Waals surface area contributed by atoms with Gasteiger partial charge in [-0.3, -0.25) is 9.80 Å². The number of nitrogens with zero attached hydrogens (tertiary/aromatic N) is 2. The number of piperazine rings is 1. The summed E-state index contributed by atoms with van der Waals surface area (Å²) in [6, 6.07) is 8.89. The molecule has 2 saturated heterocycles. The molecule has 0 aliphatic carbocycles. The van der Waals surface area contributed by atoms with Crippen molar-refractivity contribution >= 4 is 6.09 Å². The molecule has 1 aromatic rings. The molecular weight excluding hydrogens is 278 g/mol. The van der Waals surface area contributed by atoms with E-state index < -0.39 is 6.09 Å². The van der Waals surface area contributed by atoms with Crippen LogP contribution in [0.4, 0.5) is 4.79 Å². The Morgan fingerprint density at radius 1 is 1.32 bits per heavy atom. The number of carbonyl (C=O) groups is 1. The quantitative estimate of drug-likeness (QED) is 0.896. The van der Waals surface area contributed by atoms with Gasteiger partial charge in [0.05, 0.1) is 6.04 Å². The summed E-state index contributed by atoms with van der Waals surface area (Å²) in [5.41, 5.74) is 2.31. The molecule has 2 heterocycles. The second-order valence-electron chi connectivity index (χ2n) is 6.48. The Kier molecular flexibility index (Phi) is 4.64. The van der Waals surface area contributed by atoms with Crippen LogP contribution in [0.15, 0.2) is 24.3 Å². The van der Waals surface area contributed by atoms with Gasteiger partial charge in [0.15, 0.2) is 0 Å². The lowest BCUT2D eigenvalue weighted by Gasteiger charge is -2.37. The lowest BCUT2D eigenvalue weighted by Crippen LogP contribution is -2.49. The standard InChI is InChI=1S/C17H25N3O2/c1-13(18-17(21)22)15-6-4-14(5-7-15)11-19-9-10-20-8-2-3-16(20)12-19/h4-7,13,16,18H,2-3,8-12H2,1H3,(H,21,22). The summed E-state index contributed by atoms with van der Waals surface area (Å²) in [6.07, 6.45) is 1.71. The van der Waals surface area contributed by atoms with E-state index in [1.54, 1.807) is 0 Å². The molecule has 0 radical (unpaired) electrons. The van der Waals surface area contributed by atoms with Crippen LogP contribution in [0, 0.1) is 0 Å². The van der Waals surface area contributed by atoms with Crippen LogP contribution in [0.2, 0.25) is 0 Å². The van der Waals surface area contributed by atoms with Gasteiger partial charge in [-0.15, -0.1) is 0 Å². The summed E-state index contributed by atoms with van der Waals surface area (Å²) in [6.45, 7) is 7.66. The molecule has 22 heavy (non-hydrogen) atoms. The van der Waals surface area contributed by atoms with Crippen LogP contribution in [0.5, 0.6) is 0 Å². The maximum absolute atomic E-state index is 10.7. The number of benzene rings is 1. The van der Waals surface area contributed by atoms with Gasteiger partial charge >= 0.3 is 6.09 Å². The van der Waals surface area contributed by atoms with Crippen molar-refractivity contribution in [3.8, 4) is 0 Å². The molecule has 2 unspecified atom stereocenters. The van der Waals surface area contributed by atoms with E-state index in [9.17, 15) is 4.79 Å². The van der Waals surface area contributed by atoms with Crippen molar-refractivity contribution in [3.63, 3.8) is 0 Å². The Balaban J connectivity index is 1.56. The highest BCUT2D eigenvalue weighted by Gasteiger charge is 2.30. The van der Waals surface area contributed by atoms with Crippen LogP contribution in [0.25, 0.3) is 0 Å². The van der Waals surface area contributed by atoms with Crippen LogP contribution in [0.1, 0.15) is 36.9 Å². The minimum Gasteiger partial charge on any atom is -0.465 e. The molecule has 5 nitrogen and oxygen atoms in total. The largest absolute Gasteiger partial charge is 0.465 e. The number of rotatable bonds is 4. The van der Waals surface area contributed by atoms with Gasteiger partial charge in [-0.1, -0.05) is 24.3 Å². The maximum atomic E-state index is 10.7. The molecule has 2 aliphatic heterocycles. The van der Waals surface area contributed by atoms with Crippen molar-refractivity contribution in [2.24, 2.45) is 0 Å². The zero-order valence-electron chi connectivity index (χ0n) is 13.2. The molecule has 0 spiro atoms. The molecule has 5 heteroatoms. The third kappa shape index (κ3) is 3.59. The van der Waals surface area contributed by atoms with Crippen LogP contribution in [0.3, 0.4) is 0 Å². The van der Waals surface area contributed by atoms with Crippen molar-refractivity contribution in [2.75, 3.05) is 26.2 Å². The molecule has 1 aromatic carbocycles.